The average molecular weight is 314 g/mol. The highest BCUT2D eigenvalue weighted by Gasteiger charge is 2.07. The van der Waals surface area contributed by atoms with Gasteiger partial charge < -0.3 is 0 Å². The average Bonchev–Trinajstić information content (AvgIpc) is 2.71. The molecular formula is C18H14N6. The Morgan fingerprint density at radius 1 is 0.583 bits per heavy atom. The van der Waals surface area contributed by atoms with E-state index >= 15 is 0 Å². The van der Waals surface area contributed by atoms with E-state index in [2.05, 4.69) is 30.4 Å². The molecule has 0 spiro atoms. The number of hydrogen-bond donors (Lipinski definition) is 0. The van der Waals surface area contributed by atoms with Gasteiger partial charge in [-0.05, 0) is 35.5 Å². The van der Waals surface area contributed by atoms with Crippen LogP contribution in [0.4, 0.5) is 0 Å². The standard InChI is InChI=1S/C15H11N3.C3H3N3/c1-4-12(10-16-7-1)14-6-3-9-18-15(14)13-5-2-8-17-11-13;1-2-4-6-5-3-1/h1-11H;1-3H. The van der Waals surface area contributed by atoms with Crippen LogP contribution in [-0.4, -0.2) is 30.4 Å². The Bertz CT molecular complexity index is 769. The van der Waals surface area contributed by atoms with Crippen molar-refractivity contribution in [3.05, 3.63) is 85.8 Å². The highest BCUT2D eigenvalue weighted by molar-refractivity contribution is 5.79. The van der Waals surface area contributed by atoms with Crippen LogP contribution in [0.5, 0.6) is 0 Å². The summed E-state index contributed by atoms with van der Waals surface area (Å²) in [5.41, 5.74) is 4.07. The molecule has 4 rings (SSSR count). The van der Waals surface area contributed by atoms with Crippen LogP contribution in [0.2, 0.25) is 0 Å². The normalized spacial score (nSPS) is 9.67. The third kappa shape index (κ3) is 4.01. The van der Waals surface area contributed by atoms with E-state index in [9.17, 15) is 0 Å². The van der Waals surface area contributed by atoms with Gasteiger partial charge in [-0.2, -0.15) is 0 Å². The van der Waals surface area contributed by atoms with Crippen molar-refractivity contribution in [3.63, 3.8) is 0 Å². The second-order valence-electron chi connectivity index (χ2n) is 4.69. The minimum atomic E-state index is 0.929. The third-order valence-corrected chi connectivity index (χ3v) is 3.12. The van der Waals surface area contributed by atoms with E-state index in [1.54, 1.807) is 37.1 Å². The molecule has 0 aliphatic carbocycles. The minimum Gasteiger partial charge on any atom is -0.264 e. The minimum absolute atomic E-state index is 0.929. The van der Waals surface area contributed by atoms with Crippen molar-refractivity contribution in [1.29, 1.82) is 0 Å². The molecule has 0 bridgehead atoms. The molecular weight excluding hydrogens is 300 g/mol. The van der Waals surface area contributed by atoms with Crippen molar-refractivity contribution in [2.24, 2.45) is 0 Å². The topological polar surface area (TPSA) is 77.3 Å². The van der Waals surface area contributed by atoms with Gasteiger partial charge in [0.2, 0.25) is 0 Å². The molecule has 0 aliphatic heterocycles. The van der Waals surface area contributed by atoms with Gasteiger partial charge in [0.1, 0.15) is 0 Å². The van der Waals surface area contributed by atoms with E-state index in [1.807, 2.05) is 48.8 Å². The van der Waals surface area contributed by atoms with Crippen LogP contribution in [-0.2, 0) is 0 Å². The quantitative estimate of drug-likeness (QED) is 0.566. The molecule has 6 heteroatoms. The van der Waals surface area contributed by atoms with Crippen LogP contribution in [0.15, 0.2) is 85.8 Å². The maximum Gasteiger partial charge on any atom is 0.0796 e. The lowest BCUT2D eigenvalue weighted by molar-refractivity contribution is 0.865. The second kappa shape index (κ2) is 8.19. The summed E-state index contributed by atoms with van der Waals surface area (Å²) in [6.45, 7) is 0. The molecule has 0 N–H and O–H groups in total. The summed E-state index contributed by atoms with van der Waals surface area (Å²) < 4.78 is 0. The van der Waals surface area contributed by atoms with Crippen molar-refractivity contribution in [3.8, 4) is 22.4 Å². The molecule has 0 radical (unpaired) electrons. The molecule has 0 atom stereocenters. The van der Waals surface area contributed by atoms with Crippen LogP contribution in [0, 0.1) is 0 Å². The van der Waals surface area contributed by atoms with E-state index in [0.29, 0.717) is 0 Å². The van der Waals surface area contributed by atoms with Crippen LogP contribution in [0.3, 0.4) is 0 Å². The molecule has 0 saturated heterocycles. The molecule has 4 heterocycles. The summed E-state index contributed by atoms with van der Waals surface area (Å²) in [6.07, 6.45) is 12.1. The maximum absolute atomic E-state index is 4.46. The van der Waals surface area contributed by atoms with Gasteiger partial charge in [-0.15, -0.1) is 10.2 Å². The fourth-order valence-electron chi connectivity index (χ4n) is 2.10. The van der Waals surface area contributed by atoms with Gasteiger partial charge in [0.15, 0.2) is 0 Å². The number of rotatable bonds is 2. The van der Waals surface area contributed by atoms with Crippen molar-refractivity contribution in [1.82, 2.24) is 30.4 Å². The summed E-state index contributed by atoms with van der Waals surface area (Å²) in [4.78, 5) is 12.8. The van der Waals surface area contributed by atoms with Gasteiger partial charge >= 0.3 is 0 Å². The second-order valence-corrected chi connectivity index (χ2v) is 4.69. The zero-order valence-corrected chi connectivity index (χ0v) is 12.8. The van der Waals surface area contributed by atoms with Gasteiger partial charge in [0, 0.05) is 47.7 Å². The van der Waals surface area contributed by atoms with Gasteiger partial charge in [0.05, 0.1) is 18.1 Å². The molecule has 116 valence electrons. The molecule has 0 aromatic carbocycles. The maximum atomic E-state index is 4.46. The van der Waals surface area contributed by atoms with Crippen LogP contribution < -0.4 is 0 Å². The van der Waals surface area contributed by atoms with Crippen molar-refractivity contribution < 1.29 is 0 Å². The molecule has 0 unspecified atom stereocenters. The van der Waals surface area contributed by atoms with Gasteiger partial charge in [-0.25, -0.2) is 0 Å². The van der Waals surface area contributed by atoms with E-state index < -0.39 is 0 Å². The lowest BCUT2D eigenvalue weighted by Gasteiger charge is -2.07. The molecule has 0 aliphatic rings. The van der Waals surface area contributed by atoms with Gasteiger partial charge in [-0.3, -0.25) is 15.0 Å². The molecule has 6 nitrogen and oxygen atoms in total. The largest absolute Gasteiger partial charge is 0.264 e. The van der Waals surface area contributed by atoms with Gasteiger partial charge in [0.25, 0.3) is 0 Å². The van der Waals surface area contributed by atoms with Crippen LogP contribution in [0.1, 0.15) is 0 Å². The first-order valence-corrected chi connectivity index (χ1v) is 7.29. The lowest BCUT2D eigenvalue weighted by Crippen LogP contribution is -1.89. The Morgan fingerprint density at radius 3 is 1.79 bits per heavy atom. The fraction of sp³-hybridized carbons (Fsp3) is 0. The first-order chi connectivity index (χ1) is 11.9. The van der Waals surface area contributed by atoms with Gasteiger partial charge in [-0.1, -0.05) is 12.1 Å². The lowest BCUT2D eigenvalue weighted by atomic mass is 10.0. The van der Waals surface area contributed by atoms with E-state index in [4.69, 9.17) is 0 Å². The number of pyridine rings is 3. The molecule has 24 heavy (non-hydrogen) atoms. The first-order valence-electron chi connectivity index (χ1n) is 7.29. The Morgan fingerprint density at radius 2 is 1.25 bits per heavy atom. The first kappa shape index (κ1) is 15.4. The highest BCUT2D eigenvalue weighted by Crippen LogP contribution is 2.28. The van der Waals surface area contributed by atoms with Crippen molar-refractivity contribution in [2.75, 3.05) is 0 Å². The number of hydrogen-bond acceptors (Lipinski definition) is 6. The Balaban J connectivity index is 0.000000238. The predicted octanol–water partition coefficient (Wildman–Crippen LogP) is 3.08. The zero-order chi connectivity index (χ0) is 16.5. The Kier molecular flexibility index (Phi) is 5.24. The van der Waals surface area contributed by atoms with Crippen LogP contribution in [0.25, 0.3) is 22.4 Å². The number of nitrogens with zero attached hydrogens (tertiary/aromatic N) is 6. The smallest absolute Gasteiger partial charge is 0.0796 e. The fourth-order valence-corrected chi connectivity index (χ4v) is 2.10. The monoisotopic (exact) mass is 314 g/mol. The van der Waals surface area contributed by atoms with Crippen molar-refractivity contribution in [2.45, 2.75) is 0 Å². The highest BCUT2D eigenvalue weighted by atomic mass is 15.3. The molecule has 4 aromatic heterocycles. The molecule has 0 amide bonds. The summed E-state index contributed by atoms with van der Waals surface area (Å²) in [5.74, 6) is 0. The summed E-state index contributed by atoms with van der Waals surface area (Å²) in [6, 6.07) is 13.6. The SMILES string of the molecule is c1cncc(-c2cccnc2-c2cccnc2)c1.c1cnnnc1. The van der Waals surface area contributed by atoms with E-state index in [1.165, 1.54) is 0 Å². The molecule has 4 aromatic rings. The van der Waals surface area contributed by atoms with Crippen LogP contribution >= 0.6 is 0 Å². The summed E-state index contributed by atoms with van der Waals surface area (Å²) in [7, 11) is 0. The van der Waals surface area contributed by atoms with E-state index in [-0.39, 0.29) is 0 Å². The van der Waals surface area contributed by atoms with Crippen molar-refractivity contribution >= 4 is 0 Å². The third-order valence-electron chi connectivity index (χ3n) is 3.12. The zero-order valence-electron chi connectivity index (χ0n) is 12.8. The molecule has 0 saturated carbocycles. The molecule has 0 fully saturated rings. The Labute approximate surface area is 139 Å². The summed E-state index contributed by atoms with van der Waals surface area (Å²) >= 11 is 0. The van der Waals surface area contributed by atoms with E-state index in [0.717, 1.165) is 22.4 Å². The number of aromatic nitrogens is 6. The predicted molar refractivity (Wildman–Crippen MR) is 90.5 cm³/mol. The Hall–Kier alpha value is -3.54. The summed E-state index contributed by atoms with van der Waals surface area (Å²) in [5, 5.41) is 10.1.